The van der Waals surface area contributed by atoms with Gasteiger partial charge in [0.2, 0.25) is 0 Å². The second kappa shape index (κ2) is 23.9. The van der Waals surface area contributed by atoms with Gasteiger partial charge in [-0.25, -0.2) is 4.89 Å². The number of benzene rings is 2. The quantitative estimate of drug-likeness (QED) is 0.0882. The van der Waals surface area contributed by atoms with E-state index in [0.29, 0.717) is 11.7 Å². The third-order valence-corrected chi connectivity index (χ3v) is 5.51. The van der Waals surface area contributed by atoms with Gasteiger partial charge in [-0.3, -0.25) is 10.1 Å². The summed E-state index contributed by atoms with van der Waals surface area (Å²) in [6, 6.07) is 21.0. The Hall–Kier alpha value is -2.49. The Balaban J connectivity index is 0. The summed E-state index contributed by atoms with van der Waals surface area (Å²) in [4.78, 5) is 17.2. The van der Waals surface area contributed by atoms with Gasteiger partial charge in [0.1, 0.15) is 6.73 Å². The number of Topliss-reactive ketones (excluding diaryl/α,β-unsaturated/α-hetero) is 1. The number of hydrogen-bond donors (Lipinski definition) is 2. The molecule has 2 aromatic rings. The first kappa shape index (κ1) is 36.7. The van der Waals surface area contributed by atoms with Gasteiger partial charge in [0.05, 0.1) is 6.10 Å². The van der Waals surface area contributed by atoms with Gasteiger partial charge in [-0.2, -0.15) is 0 Å². The Labute approximate surface area is 237 Å². The van der Waals surface area contributed by atoms with Crippen molar-refractivity contribution < 1.29 is 40.7 Å². The van der Waals surface area contributed by atoms with Crippen LogP contribution in [0.1, 0.15) is 63.0 Å². The van der Waals surface area contributed by atoms with E-state index in [1.54, 1.807) is 6.92 Å². The molecule has 0 atom stereocenters. The molecule has 0 unspecified atom stereocenters. The minimum atomic E-state index is -0.125. The molecule has 8 heteroatoms. The molecule has 0 bridgehead atoms. The molecule has 2 aromatic carbocycles. The Morgan fingerprint density at radius 1 is 1.08 bits per heavy atom. The zero-order valence-corrected chi connectivity index (χ0v) is 25.4. The fraction of sp³-hybridized carbons (Fsp3) is 0.448. The summed E-state index contributed by atoms with van der Waals surface area (Å²) in [5.41, 5.74) is 7.30. The van der Waals surface area contributed by atoms with E-state index in [0.717, 1.165) is 38.6 Å². The number of allylic oxidation sites excluding steroid dienone is 1. The molecule has 0 aromatic heterocycles. The third kappa shape index (κ3) is 17.6. The van der Waals surface area contributed by atoms with Crippen molar-refractivity contribution >= 4 is 5.78 Å². The van der Waals surface area contributed by atoms with Gasteiger partial charge in [-0.1, -0.05) is 73.2 Å². The number of ketones is 1. The van der Waals surface area contributed by atoms with Crippen LogP contribution in [0.3, 0.4) is 0 Å². The smallest absolute Gasteiger partial charge is 0.195 e. The van der Waals surface area contributed by atoms with E-state index in [1.165, 1.54) is 11.1 Å². The van der Waals surface area contributed by atoms with E-state index < -0.39 is 0 Å². The van der Waals surface area contributed by atoms with Gasteiger partial charge in [-0.05, 0) is 50.5 Å². The molecule has 0 aliphatic heterocycles. The molecular weight excluding hydrogens is 638 g/mol. The van der Waals surface area contributed by atoms with E-state index in [9.17, 15) is 4.79 Å². The molecule has 0 heterocycles. The molecular formula is C29H42N3O4W-. The molecule has 0 saturated heterocycles. The van der Waals surface area contributed by atoms with Gasteiger partial charge >= 0.3 is 0 Å². The van der Waals surface area contributed by atoms with Crippen molar-refractivity contribution in [1.29, 1.82) is 5.26 Å². The van der Waals surface area contributed by atoms with Crippen molar-refractivity contribution in [3.8, 4) is 0 Å². The van der Waals surface area contributed by atoms with E-state index in [1.807, 2.05) is 36.3 Å². The Bertz CT molecular complexity index is 853. The number of hydrogen-bond acceptors (Lipinski definition) is 7. The molecule has 37 heavy (non-hydrogen) atoms. The molecule has 0 spiro atoms. The third-order valence-electron chi connectivity index (χ3n) is 5.51. The summed E-state index contributed by atoms with van der Waals surface area (Å²) in [6.45, 7) is 11.4. The van der Waals surface area contributed by atoms with E-state index in [2.05, 4.69) is 66.9 Å². The normalized spacial score (nSPS) is 16.1. The maximum Gasteiger partial charge on any atom is 0.195 e. The SMILES string of the molecule is CCCN(C)/C=C(/OC1CCC(c2ccccc2)CC1)C(C)=O.Cc1ccccc1.NCOO.[C-]#N.[W]. The predicted octanol–water partition coefficient (Wildman–Crippen LogP) is 5.98. The van der Waals surface area contributed by atoms with Crippen molar-refractivity contribution in [3.63, 3.8) is 0 Å². The van der Waals surface area contributed by atoms with Gasteiger partial charge in [0.15, 0.2) is 11.5 Å². The van der Waals surface area contributed by atoms with Crippen molar-refractivity contribution in [2.24, 2.45) is 5.73 Å². The van der Waals surface area contributed by atoms with Crippen LogP contribution in [0.25, 0.3) is 0 Å². The second-order valence-corrected chi connectivity index (χ2v) is 8.48. The first-order valence-corrected chi connectivity index (χ1v) is 12.3. The minimum absolute atomic E-state index is 0. The monoisotopic (exact) mass is 680 g/mol. The molecule has 1 fully saturated rings. The molecule has 1 saturated carbocycles. The average molecular weight is 681 g/mol. The van der Waals surface area contributed by atoms with Gasteiger partial charge in [-0.15, -0.1) is 0 Å². The number of nitrogens with zero attached hydrogens (tertiary/aromatic N) is 2. The number of rotatable bonds is 8. The Morgan fingerprint density at radius 3 is 1.95 bits per heavy atom. The first-order chi connectivity index (χ1) is 17.4. The number of carbonyl (C=O) groups excluding carboxylic acids is 1. The number of carbonyl (C=O) groups is 1. The van der Waals surface area contributed by atoms with Crippen LogP contribution in [0.4, 0.5) is 0 Å². The predicted molar refractivity (Wildman–Crippen MR) is 143 cm³/mol. The molecule has 0 radical (unpaired) electrons. The summed E-state index contributed by atoms with van der Waals surface area (Å²) < 4.78 is 6.02. The van der Waals surface area contributed by atoms with Gasteiger partial charge < -0.3 is 27.2 Å². The summed E-state index contributed by atoms with van der Waals surface area (Å²) >= 11 is 0. The van der Waals surface area contributed by atoms with Crippen molar-refractivity contribution in [2.75, 3.05) is 20.3 Å². The van der Waals surface area contributed by atoms with Crippen molar-refractivity contribution in [1.82, 2.24) is 4.90 Å². The fourth-order valence-corrected chi connectivity index (χ4v) is 3.77. The van der Waals surface area contributed by atoms with Crippen molar-refractivity contribution in [2.45, 2.75) is 64.9 Å². The van der Waals surface area contributed by atoms with Crippen LogP contribution in [0.2, 0.25) is 0 Å². The van der Waals surface area contributed by atoms with Crippen LogP contribution in [0.15, 0.2) is 72.6 Å². The standard InChI is InChI=1S/C20H29NO2.C7H8.CH5NO2.CN.W/c1-4-14-21(3)15-20(16(2)22)23-19-12-10-18(11-13-19)17-8-6-5-7-9-17;1-7-5-3-2-4-6-7;2-1-4-3;1-2;/h5-9,15,18-19H,4,10-14H2,1-3H3;2-6H,1H3;3H,1-2H2;;/q;;;-1;/b20-15+;;;;. The number of nitrogens with two attached hydrogens (primary N) is 1. The first-order valence-electron chi connectivity index (χ1n) is 12.3. The zero-order valence-electron chi connectivity index (χ0n) is 22.5. The molecule has 1 aliphatic carbocycles. The van der Waals surface area contributed by atoms with Gasteiger partial charge in [0, 0.05) is 47.8 Å². The zero-order chi connectivity index (χ0) is 27.2. The average Bonchev–Trinajstić information content (AvgIpc) is 2.91. The fourth-order valence-electron chi connectivity index (χ4n) is 3.77. The molecule has 3 N–H and O–H groups in total. The van der Waals surface area contributed by atoms with Crippen LogP contribution in [0, 0.1) is 18.8 Å². The van der Waals surface area contributed by atoms with Crippen LogP contribution in [0.5, 0.6) is 0 Å². The second-order valence-electron chi connectivity index (χ2n) is 8.48. The van der Waals surface area contributed by atoms with Crippen molar-refractivity contribution in [3.05, 3.63) is 90.3 Å². The van der Waals surface area contributed by atoms with Crippen LogP contribution < -0.4 is 5.73 Å². The summed E-state index contributed by atoms with van der Waals surface area (Å²) in [5, 5.41) is 13.5. The summed E-state index contributed by atoms with van der Waals surface area (Å²) in [7, 11) is 1.99. The molecule has 1 aliphatic rings. The molecule has 7 nitrogen and oxygen atoms in total. The minimum Gasteiger partial charge on any atom is -0.512 e. The molecule has 3 rings (SSSR count). The van der Waals surface area contributed by atoms with Crippen LogP contribution >= 0.6 is 0 Å². The maximum atomic E-state index is 11.8. The van der Waals surface area contributed by atoms with E-state index in [4.69, 9.17) is 21.8 Å². The summed E-state index contributed by atoms with van der Waals surface area (Å²) in [6.07, 6.45) is 7.37. The maximum absolute atomic E-state index is 11.8. The molecule has 0 amide bonds. The van der Waals surface area contributed by atoms with Crippen LogP contribution in [-0.2, 0) is 35.5 Å². The van der Waals surface area contributed by atoms with Gasteiger partial charge in [0.25, 0.3) is 0 Å². The van der Waals surface area contributed by atoms with E-state index >= 15 is 0 Å². The van der Waals surface area contributed by atoms with Crippen LogP contribution in [-0.4, -0.2) is 42.4 Å². The number of ether oxygens (including phenoxy) is 1. The van der Waals surface area contributed by atoms with E-state index in [-0.39, 0.29) is 39.7 Å². The summed E-state index contributed by atoms with van der Waals surface area (Å²) in [5.74, 6) is 1.14. The number of aryl methyl sites for hydroxylation is 1. The topological polar surface area (TPSA) is 109 Å². The molecule has 204 valence electrons. The Kier molecular flexibility index (Phi) is 23.7. The largest absolute Gasteiger partial charge is 0.512 e. The Morgan fingerprint density at radius 2 is 1.57 bits per heavy atom.